The fourth-order valence-electron chi connectivity index (χ4n) is 1.44. The van der Waals surface area contributed by atoms with E-state index in [1.54, 1.807) is 13.0 Å². The predicted octanol–water partition coefficient (Wildman–Crippen LogP) is 2.18. The third-order valence-corrected chi connectivity index (χ3v) is 2.13. The maximum absolute atomic E-state index is 5.59. The van der Waals surface area contributed by atoms with E-state index in [-0.39, 0.29) is 0 Å². The molecule has 0 aliphatic rings. The van der Waals surface area contributed by atoms with Crippen molar-refractivity contribution in [1.29, 1.82) is 0 Å². The molecule has 0 amide bonds. The fourth-order valence-corrected chi connectivity index (χ4v) is 1.44. The minimum absolute atomic E-state index is 0.459. The molecular formula is C11H19N3O. The molecule has 0 bridgehead atoms. The number of anilines is 1. The van der Waals surface area contributed by atoms with Gasteiger partial charge in [0.25, 0.3) is 0 Å². The highest BCUT2D eigenvalue weighted by Crippen LogP contribution is 2.13. The van der Waals surface area contributed by atoms with Gasteiger partial charge in [0, 0.05) is 6.07 Å². The second-order valence-corrected chi connectivity index (χ2v) is 3.88. The molecule has 1 aromatic rings. The monoisotopic (exact) mass is 209 g/mol. The first-order valence-corrected chi connectivity index (χ1v) is 5.35. The number of hydrogen-bond acceptors (Lipinski definition) is 4. The molecule has 1 aromatic heterocycles. The molecule has 0 aliphatic heterocycles. The van der Waals surface area contributed by atoms with Crippen LogP contribution in [0.4, 0.5) is 5.82 Å². The summed E-state index contributed by atoms with van der Waals surface area (Å²) in [6.45, 7) is 6.83. The van der Waals surface area contributed by atoms with E-state index in [4.69, 9.17) is 10.5 Å². The molecule has 15 heavy (non-hydrogen) atoms. The predicted molar refractivity (Wildman–Crippen MR) is 60.7 cm³/mol. The van der Waals surface area contributed by atoms with Crippen molar-refractivity contribution in [3.8, 4) is 5.88 Å². The van der Waals surface area contributed by atoms with Crippen LogP contribution >= 0.6 is 0 Å². The molecular weight excluding hydrogens is 190 g/mol. The van der Waals surface area contributed by atoms with Crippen molar-refractivity contribution in [2.45, 2.75) is 33.6 Å². The van der Waals surface area contributed by atoms with Gasteiger partial charge in [-0.3, -0.25) is 0 Å². The summed E-state index contributed by atoms with van der Waals surface area (Å²) in [5.74, 6) is 2.23. The average Bonchev–Trinajstić information content (AvgIpc) is 2.14. The van der Waals surface area contributed by atoms with Crippen molar-refractivity contribution in [2.24, 2.45) is 5.92 Å². The van der Waals surface area contributed by atoms with Gasteiger partial charge in [-0.05, 0) is 19.3 Å². The minimum atomic E-state index is 0.459. The minimum Gasteiger partial charge on any atom is -0.477 e. The first kappa shape index (κ1) is 11.8. The molecule has 0 spiro atoms. The molecule has 1 rings (SSSR count). The Morgan fingerprint density at radius 3 is 2.80 bits per heavy atom. The van der Waals surface area contributed by atoms with Crippen molar-refractivity contribution in [3.63, 3.8) is 0 Å². The SMILES string of the molecule is CCCC(C)COc1cc(N)nc(C)n1. The Balaban J connectivity index is 2.50. The van der Waals surface area contributed by atoms with Crippen LogP contribution in [0.25, 0.3) is 0 Å². The molecule has 1 unspecified atom stereocenters. The molecule has 0 radical (unpaired) electrons. The first-order chi connectivity index (χ1) is 7.11. The van der Waals surface area contributed by atoms with Gasteiger partial charge in [-0.15, -0.1) is 0 Å². The average molecular weight is 209 g/mol. The van der Waals surface area contributed by atoms with E-state index in [0.29, 0.717) is 30.0 Å². The maximum Gasteiger partial charge on any atom is 0.218 e. The van der Waals surface area contributed by atoms with Crippen LogP contribution in [-0.4, -0.2) is 16.6 Å². The van der Waals surface area contributed by atoms with Gasteiger partial charge in [-0.2, -0.15) is 4.98 Å². The summed E-state index contributed by atoms with van der Waals surface area (Å²) in [6.07, 6.45) is 2.34. The normalized spacial score (nSPS) is 12.5. The molecule has 4 nitrogen and oxygen atoms in total. The third kappa shape index (κ3) is 4.14. The summed E-state index contributed by atoms with van der Waals surface area (Å²) in [5, 5.41) is 0. The summed E-state index contributed by atoms with van der Waals surface area (Å²) < 4.78 is 5.55. The lowest BCUT2D eigenvalue weighted by molar-refractivity contribution is 0.242. The Morgan fingerprint density at radius 1 is 1.47 bits per heavy atom. The van der Waals surface area contributed by atoms with Crippen LogP contribution in [0.15, 0.2) is 6.07 Å². The van der Waals surface area contributed by atoms with E-state index in [1.165, 1.54) is 12.8 Å². The lowest BCUT2D eigenvalue weighted by Crippen LogP contribution is -2.10. The molecule has 1 atom stereocenters. The van der Waals surface area contributed by atoms with Crippen molar-refractivity contribution in [2.75, 3.05) is 12.3 Å². The lowest BCUT2D eigenvalue weighted by Gasteiger charge is -2.11. The Kier molecular flexibility index (Phi) is 4.34. The van der Waals surface area contributed by atoms with Crippen LogP contribution in [-0.2, 0) is 0 Å². The molecule has 84 valence electrons. The number of rotatable bonds is 5. The van der Waals surface area contributed by atoms with Gasteiger partial charge in [0.2, 0.25) is 5.88 Å². The summed E-state index contributed by atoms with van der Waals surface area (Å²) in [6, 6.07) is 1.66. The fraction of sp³-hybridized carbons (Fsp3) is 0.636. The molecule has 1 heterocycles. The molecule has 0 fully saturated rings. The third-order valence-electron chi connectivity index (χ3n) is 2.13. The Labute approximate surface area is 90.9 Å². The van der Waals surface area contributed by atoms with Crippen LogP contribution < -0.4 is 10.5 Å². The summed E-state index contributed by atoms with van der Waals surface area (Å²) >= 11 is 0. The Hall–Kier alpha value is -1.32. The van der Waals surface area contributed by atoms with Gasteiger partial charge in [-0.1, -0.05) is 20.3 Å². The zero-order valence-corrected chi connectivity index (χ0v) is 9.66. The van der Waals surface area contributed by atoms with E-state index in [2.05, 4.69) is 23.8 Å². The smallest absolute Gasteiger partial charge is 0.218 e. The van der Waals surface area contributed by atoms with E-state index < -0.39 is 0 Å². The lowest BCUT2D eigenvalue weighted by atomic mass is 10.1. The zero-order chi connectivity index (χ0) is 11.3. The number of hydrogen-bond donors (Lipinski definition) is 1. The van der Waals surface area contributed by atoms with Crippen LogP contribution in [0, 0.1) is 12.8 Å². The largest absolute Gasteiger partial charge is 0.477 e. The Morgan fingerprint density at radius 2 is 2.20 bits per heavy atom. The number of ether oxygens (including phenoxy) is 1. The van der Waals surface area contributed by atoms with Gasteiger partial charge in [-0.25, -0.2) is 4.98 Å². The number of nitrogen functional groups attached to an aromatic ring is 1. The highest BCUT2D eigenvalue weighted by Gasteiger charge is 2.04. The van der Waals surface area contributed by atoms with E-state index in [0.717, 1.165) is 0 Å². The van der Waals surface area contributed by atoms with Crippen molar-refractivity contribution in [3.05, 3.63) is 11.9 Å². The quantitative estimate of drug-likeness (QED) is 0.807. The van der Waals surface area contributed by atoms with E-state index in [1.807, 2.05) is 0 Å². The Bertz CT molecular complexity index is 294. The van der Waals surface area contributed by atoms with Crippen molar-refractivity contribution < 1.29 is 4.74 Å². The molecule has 2 N–H and O–H groups in total. The first-order valence-electron chi connectivity index (χ1n) is 5.35. The number of nitrogens with zero attached hydrogens (tertiary/aromatic N) is 2. The van der Waals surface area contributed by atoms with Crippen LogP contribution in [0.1, 0.15) is 32.5 Å². The number of aromatic nitrogens is 2. The maximum atomic E-state index is 5.59. The van der Waals surface area contributed by atoms with Gasteiger partial charge in [0.05, 0.1) is 6.61 Å². The van der Waals surface area contributed by atoms with E-state index in [9.17, 15) is 0 Å². The van der Waals surface area contributed by atoms with Crippen molar-refractivity contribution >= 4 is 5.82 Å². The van der Waals surface area contributed by atoms with Crippen molar-refractivity contribution in [1.82, 2.24) is 9.97 Å². The summed E-state index contributed by atoms with van der Waals surface area (Å²) in [4.78, 5) is 8.14. The molecule has 0 saturated carbocycles. The summed E-state index contributed by atoms with van der Waals surface area (Å²) in [7, 11) is 0. The summed E-state index contributed by atoms with van der Waals surface area (Å²) in [5.41, 5.74) is 5.59. The standard InChI is InChI=1S/C11H19N3O/c1-4-5-8(2)7-15-11-6-10(12)13-9(3)14-11/h6,8H,4-5,7H2,1-3H3,(H2,12,13,14). The van der Waals surface area contributed by atoms with E-state index >= 15 is 0 Å². The van der Waals surface area contributed by atoms with Crippen LogP contribution in [0.2, 0.25) is 0 Å². The number of nitrogens with two attached hydrogens (primary N) is 1. The van der Waals surface area contributed by atoms with Gasteiger partial charge in [0.1, 0.15) is 11.6 Å². The second-order valence-electron chi connectivity index (χ2n) is 3.88. The van der Waals surface area contributed by atoms with Crippen LogP contribution in [0.5, 0.6) is 5.88 Å². The molecule has 4 heteroatoms. The van der Waals surface area contributed by atoms with Gasteiger partial charge >= 0.3 is 0 Å². The highest BCUT2D eigenvalue weighted by atomic mass is 16.5. The van der Waals surface area contributed by atoms with Gasteiger partial charge < -0.3 is 10.5 Å². The number of aryl methyl sites for hydroxylation is 1. The second kappa shape index (κ2) is 5.53. The van der Waals surface area contributed by atoms with Gasteiger partial charge in [0.15, 0.2) is 0 Å². The van der Waals surface area contributed by atoms with Crippen LogP contribution in [0.3, 0.4) is 0 Å². The molecule has 0 aliphatic carbocycles. The zero-order valence-electron chi connectivity index (χ0n) is 9.66. The topological polar surface area (TPSA) is 61.0 Å². The highest BCUT2D eigenvalue weighted by molar-refractivity contribution is 5.32. The molecule has 0 saturated heterocycles. The molecule has 0 aromatic carbocycles.